The van der Waals surface area contributed by atoms with Crippen LogP contribution in [0.3, 0.4) is 0 Å². The van der Waals surface area contributed by atoms with E-state index in [1.165, 1.54) is 12.1 Å². The summed E-state index contributed by atoms with van der Waals surface area (Å²) in [6.45, 7) is 3.68. The minimum atomic E-state index is -3.38. The monoisotopic (exact) mass is 343 g/mol. The van der Waals surface area contributed by atoms with Crippen LogP contribution < -0.4 is 5.32 Å². The summed E-state index contributed by atoms with van der Waals surface area (Å²) in [5.41, 5.74) is 0.0951. The van der Waals surface area contributed by atoms with Crippen LogP contribution >= 0.6 is 11.6 Å². The molecule has 1 heterocycles. The molecule has 1 fully saturated rings. The number of hydrogen-bond acceptors (Lipinski definition) is 4. The fourth-order valence-electron chi connectivity index (χ4n) is 3.22. The average molecular weight is 344 g/mol. The van der Waals surface area contributed by atoms with Gasteiger partial charge in [0.15, 0.2) is 15.6 Å². The highest BCUT2D eigenvalue weighted by molar-refractivity contribution is 7.90. The summed E-state index contributed by atoms with van der Waals surface area (Å²) in [5, 5.41) is 3.43. The minimum absolute atomic E-state index is 0.0588. The molecule has 0 radical (unpaired) electrons. The predicted molar refractivity (Wildman–Crippen MR) is 88.3 cm³/mol. The highest BCUT2D eigenvalue weighted by Crippen LogP contribution is 2.36. The highest BCUT2D eigenvalue weighted by atomic mass is 35.5. The fraction of sp³-hybridized carbons (Fsp3) is 0.562. The largest absolute Gasteiger partial charge is 0.316 e. The normalized spacial score (nSPS) is 22.5. The Morgan fingerprint density at radius 3 is 2.64 bits per heavy atom. The third-order valence-electron chi connectivity index (χ3n) is 4.28. The number of nitrogens with one attached hydrogen (secondary N) is 1. The molecule has 0 aliphatic carbocycles. The number of benzene rings is 1. The van der Waals surface area contributed by atoms with Gasteiger partial charge in [0, 0.05) is 23.8 Å². The lowest BCUT2D eigenvalue weighted by Crippen LogP contribution is -2.45. The van der Waals surface area contributed by atoms with Gasteiger partial charge in [-0.2, -0.15) is 0 Å². The first-order valence-electron chi connectivity index (χ1n) is 7.55. The van der Waals surface area contributed by atoms with Crippen LogP contribution in [0.5, 0.6) is 0 Å². The second-order valence-electron chi connectivity index (χ2n) is 6.06. The van der Waals surface area contributed by atoms with Crippen LogP contribution in [-0.4, -0.2) is 33.5 Å². The number of hydrogen-bond donors (Lipinski definition) is 1. The van der Waals surface area contributed by atoms with Crippen molar-refractivity contribution in [3.8, 4) is 0 Å². The van der Waals surface area contributed by atoms with Gasteiger partial charge in [0.2, 0.25) is 0 Å². The van der Waals surface area contributed by atoms with Crippen molar-refractivity contribution >= 4 is 27.2 Å². The summed E-state index contributed by atoms with van der Waals surface area (Å²) < 4.78 is 23.2. The van der Waals surface area contributed by atoms with Crippen molar-refractivity contribution in [3.05, 3.63) is 28.8 Å². The van der Waals surface area contributed by atoms with Gasteiger partial charge in [-0.15, -0.1) is 0 Å². The Morgan fingerprint density at radius 2 is 2.14 bits per heavy atom. The number of carbonyl (C=O) groups is 1. The summed E-state index contributed by atoms with van der Waals surface area (Å²) in [6.07, 6.45) is 4.70. The van der Waals surface area contributed by atoms with E-state index in [2.05, 4.69) is 12.2 Å². The molecule has 1 aromatic rings. The molecule has 6 heteroatoms. The van der Waals surface area contributed by atoms with E-state index in [0.29, 0.717) is 12.1 Å². The molecule has 1 aromatic carbocycles. The van der Waals surface area contributed by atoms with Gasteiger partial charge in [0.1, 0.15) is 0 Å². The maximum absolute atomic E-state index is 13.0. The van der Waals surface area contributed by atoms with E-state index in [0.717, 1.165) is 38.5 Å². The number of ketones is 1. The van der Waals surface area contributed by atoms with E-state index in [9.17, 15) is 13.2 Å². The van der Waals surface area contributed by atoms with Crippen LogP contribution in [0, 0.1) is 5.41 Å². The van der Waals surface area contributed by atoms with Crippen molar-refractivity contribution in [1.82, 2.24) is 5.32 Å². The molecule has 0 amide bonds. The lowest BCUT2D eigenvalue weighted by atomic mass is 9.71. The fourth-order valence-corrected chi connectivity index (χ4v) is 4.55. The molecule has 0 spiro atoms. The predicted octanol–water partition coefficient (Wildman–Crippen LogP) is 3.10. The molecule has 1 aliphatic rings. The summed E-state index contributed by atoms with van der Waals surface area (Å²) in [4.78, 5) is 13.0. The Labute approximate surface area is 137 Å². The first-order valence-corrected chi connectivity index (χ1v) is 9.82. The second-order valence-corrected chi connectivity index (χ2v) is 8.45. The lowest BCUT2D eigenvalue weighted by Gasteiger charge is -2.36. The molecule has 122 valence electrons. The molecule has 1 N–H and O–H groups in total. The van der Waals surface area contributed by atoms with Crippen molar-refractivity contribution < 1.29 is 13.2 Å². The van der Waals surface area contributed by atoms with E-state index in [1.54, 1.807) is 6.07 Å². The molecule has 1 atom stereocenters. The van der Waals surface area contributed by atoms with Gasteiger partial charge < -0.3 is 5.32 Å². The van der Waals surface area contributed by atoms with Crippen LogP contribution in [0.25, 0.3) is 0 Å². The second kappa shape index (κ2) is 6.69. The van der Waals surface area contributed by atoms with Crippen molar-refractivity contribution in [1.29, 1.82) is 0 Å². The van der Waals surface area contributed by atoms with Crippen molar-refractivity contribution in [2.75, 3.05) is 19.3 Å². The Kier molecular flexibility index (Phi) is 5.30. The number of Topliss-reactive ketones (excluding diaryl/α,β-unsaturated/α-hetero) is 1. The number of rotatable bonds is 5. The van der Waals surface area contributed by atoms with Crippen LogP contribution in [0.15, 0.2) is 23.1 Å². The van der Waals surface area contributed by atoms with Gasteiger partial charge in [0.25, 0.3) is 0 Å². The SMILES string of the molecule is CCCC1(C(=O)c2ccc(S(C)(=O)=O)c(Cl)c2)CCCNC1. The van der Waals surface area contributed by atoms with Crippen LogP contribution in [0.1, 0.15) is 43.0 Å². The molecule has 4 nitrogen and oxygen atoms in total. The Hall–Kier alpha value is -0.910. The molecular weight excluding hydrogens is 322 g/mol. The minimum Gasteiger partial charge on any atom is -0.316 e. The van der Waals surface area contributed by atoms with E-state index < -0.39 is 15.3 Å². The molecule has 0 aromatic heterocycles. The highest BCUT2D eigenvalue weighted by Gasteiger charge is 2.39. The standard InChI is InChI=1S/C16H22ClNO3S/c1-3-7-16(8-4-9-18-11-16)15(19)12-5-6-14(13(17)10-12)22(2,20)21/h5-6,10,18H,3-4,7-9,11H2,1-2H3. The van der Waals surface area contributed by atoms with E-state index >= 15 is 0 Å². The zero-order valence-corrected chi connectivity index (χ0v) is 14.6. The number of halogens is 1. The van der Waals surface area contributed by atoms with Crippen LogP contribution in [0.4, 0.5) is 0 Å². The van der Waals surface area contributed by atoms with Gasteiger partial charge in [0.05, 0.1) is 9.92 Å². The smallest absolute Gasteiger partial charge is 0.176 e. The maximum Gasteiger partial charge on any atom is 0.176 e. The quantitative estimate of drug-likeness (QED) is 0.834. The van der Waals surface area contributed by atoms with Gasteiger partial charge in [-0.1, -0.05) is 24.9 Å². The lowest BCUT2D eigenvalue weighted by molar-refractivity contribution is 0.0718. The van der Waals surface area contributed by atoms with Gasteiger partial charge in [-0.25, -0.2) is 8.42 Å². The van der Waals surface area contributed by atoms with E-state index in [-0.39, 0.29) is 15.7 Å². The Bertz CT molecular complexity index is 658. The molecule has 2 rings (SSSR count). The molecule has 0 bridgehead atoms. The van der Waals surface area contributed by atoms with Crippen molar-refractivity contribution in [3.63, 3.8) is 0 Å². The molecule has 1 saturated heterocycles. The van der Waals surface area contributed by atoms with E-state index in [1.807, 2.05) is 0 Å². The van der Waals surface area contributed by atoms with Gasteiger partial charge >= 0.3 is 0 Å². The number of piperidine rings is 1. The molecule has 22 heavy (non-hydrogen) atoms. The van der Waals surface area contributed by atoms with E-state index in [4.69, 9.17) is 11.6 Å². The zero-order valence-electron chi connectivity index (χ0n) is 13.0. The summed E-state index contributed by atoms with van der Waals surface area (Å²) in [5.74, 6) is 0.0588. The summed E-state index contributed by atoms with van der Waals surface area (Å²) >= 11 is 6.07. The Balaban J connectivity index is 2.37. The van der Waals surface area contributed by atoms with Crippen molar-refractivity contribution in [2.45, 2.75) is 37.5 Å². The topological polar surface area (TPSA) is 63.2 Å². The average Bonchev–Trinajstić information content (AvgIpc) is 2.46. The molecule has 1 aliphatic heterocycles. The first-order chi connectivity index (χ1) is 10.3. The number of sulfone groups is 1. The summed E-state index contributed by atoms with van der Waals surface area (Å²) in [6, 6.07) is 4.50. The van der Waals surface area contributed by atoms with Crippen molar-refractivity contribution in [2.24, 2.45) is 5.41 Å². The zero-order chi connectivity index (χ0) is 16.4. The number of carbonyl (C=O) groups excluding carboxylic acids is 1. The molecular formula is C16H22ClNO3S. The van der Waals surface area contributed by atoms with Crippen LogP contribution in [-0.2, 0) is 9.84 Å². The molecule has 1 unspecified atom stereocenters. The third kappa shape index (κ3) is 3.53. The first kappa shape index (κ1) is 17.4. The van der Waals surface area contributed by atoms with Gasteiger partial charge in [-0.3, -0.25) is 4.79 Å². The van der Waals surface area contributed by atoms with Crippen LogP contribution in [0.2, 0.25) is 5.02 Å². The maximum atomic E-state index is 13.0. The van der Waals surface area contributed by atoms with Gasteiger partial charge in [-0.05, 0) is 44.0 Å². The summed E-state index contributed by atoms with van der Waals surface area (Å²) in [7, 11) is -3.38. The molecule has 0 saturated carbocycles. The third-order valence-corrected chi connectivity index (χ3v) is 5.86. The Morgan fingerprint density at radius 1 is 1.41 bits per heavy atom.